The maximum Gasteiger partial charge on any atom is 0.165 e. The average Bonchev–Trinajstić information content (AvgIpc) is 3.25. The summed E-state index contributed by atoms with van der Waals surface area (Å²) >= 11 is 0. The summed E-state index contributed by atoms with van der Waals surface area (Å²) in [7, 11) is 0. The molecule has 6 aliphatic rings. The lowest BCUT2D eigenvalue weighted by atomic mass is 9.52. The quantitative estimate of drug-likeness (QED) is 0.724. The molecule has 0 amide bonds. The second-order valence-corrected chi connectivity index (χ2v) is 10.6. The van der Waals surface area contributed by atoms with E-state index < -0.39 is 11.7 Å². The van der Waals surface area contributed by atoms with Gasteiger partial charge in [-0.3, -0.25) is 0 Å². The molecule has 4 saturated heterocycles. The summed E-state index contributed by atoms with van der Waals surface area (Å²) < 4.78 is 25.6. The molecule has 0 aromatic heterocycles. The van der Waals surface area contributed by atoms with Gasteiger partial charge in [-0.25, -0.2) is 0 Å². The molecule has 10 atom stereocenters. The van der Waals surface area contributed by atoms with E-state index in [-0.39, 0.29) is 40.7 Å². The summed E-state index contributed by atoms with van der Waals surface area (Å²) in [5.41, 5.74) is -0.844. The summed E-state index contributed by atoms with van der Waals surface area (Å²) in [6, 6.07) is 0. The maximum absolute atomic E-state index is 11.7. The van der Waals surface area contributed by atoms with E-state index in [0.29, 0.717) is 25.0 Å². The van der Waals surface area contributed by atoms with Crippen molar-refractivity contribution >= 4 is 0 Å². The number of aliphatic hydroxyl groups excluding tert-OH is 1. The molecule has 5 heteroatoms. The summed E-state index contributed by atoms with van der Waals surface area (Å²) in [4.78, 5) is 0. The Morgan fingerprint density at radius 3 is 2.68 bits per heavy atom. The van der Waals surface area contributed by atoms with E-state index in [0.717, 1.165) is 19.4 Å². The number of ether oxygens (including phenoxy) is 4. The van der Waals surface area contributed by atoms with Gasteiger partial charge in [-0.1, -0.05) is 27.7 Å². The minimum absolute atomic E-state index is 0.0554. The smallest absolute Gasteiger partial charge is 0.165 e. The third-order valence-corrected chi connectivity index (χ3v) is 8.95. The van der Waals surface area contributed by atoms with Gasteiger partial charge in [0, 0.05) is 11.3 Å². The van der Waals surface area contributed by atoms with Crippen molar-refractivity contribution in [1.82, 2.24) is 0 Å². The fraction of sp³-hybridized carbons (Fsp3) is 1.00. The molecule has 4 heterocycles. The highest BCUT2D eigenvalue weighted by Crippen LogP contribution is 2.83. The van der Waals surface area contributed by atoms with Crippen LogP contribution in [-0.2, 0) is 18.9 Å². The highest BCUT2D eigenvalue weighted by molar-refractivity contribution is 5.38. The average molecular weight is 350 g/mol. The van der Waals surface area contributed by atoms with Crippen LogP contribution < -0.4 is 0 Å². The molecule has 2 saturated carbocycles. The SMILES string of the molecule is C[C@@H]1COC2C1C13COC4C[C@@H](C(C)(C)C)C5(CCOC5O1)C43[C@H]2O. The molecule has 2 aliphatic carbocycles. The Morgan fingerprint density at radius 1 is 1.12 bits per heavy atom. The van der Waals surface area contributed by atoms with E-state index in [1.54, 1.807) is 0 Å². The number of hydrogen-bond acceptors (Lipinski definition) is 5. The lowest BCUT2D eigenvalue weighted by molar-refractivity contribution is -0.199. The van der Waals surface area contributed by atoms with Crippen LogP contribution in [0.15, 0.2) is 0 Å². The van der Waals surface area contributed by atoms with Crippen LogP contribution in [0.2, 0.25) is 0 Å². The van der Waals surface area contributed by atoms with Crippen LogP contribution in [0.3, 0.4) is 0 Å². The molecule has 0 radical (unpaired) electrons. The van der Waals surface area contributed by atoms with Gasteiger partial charge in [-0.15, -0.1) is 0 Å². The van der Waals surface area contributed by atoms with Crippen LogP contribution >= 0.6 is 0 Å². The summed E-state index contributed by atoms with van der Waals surface area (Å²) in [5, 5.41) is 11.7. The first kappa shape index (κ1) is 15.8. The van der Waals surface area contributed by atoms with Crippen LogP contribution in [-0.4, -0.2) is 55.1 Å². The molecule has 0 aromatic rings. The first-order valence-electron chi connectivity index (χ1n) is 10.0. The van der Waals surface area contributed by atoms with Gasteiger partial charge < -0.3 is 24.1 Å². The van der Waals surface area contributed by atoms with Crippen LogP contribution in [0.25, 0.3) is 0 Å². The van der Waals surface area contributed by atoms with E-state index in [9.17, 15) is 5.11 Å². The standard InChI is InChI=1S/C20H30O5/c1-10-8-23-14-13(10)19-9-24-12-7-11(17(2,3)4)18(20(12,19)15(14)21)5-6-22-16(18)25-19/h10-16,21H,5-9H2,1-4H3/t10-,11+,12?,13?,14?,15+,16?,18?,19?,20?/m1/s1. The molecule has 5 nitrogen and oxygen atoms in total. The van der Waals surface area contributed by atoms with Crippen molar-refractivity contribution in [3.63, 3.8) is 0 Å². The molecular formula is C20H30O5. The molecule has 0 bridgehead atoms. The van der Waals surface area contributed by atoms with Crippen LogP contribution in [0.4, 0.5) is 0 Å². The van der Waals surface area contributed by atoms with E-state index in [4.69, 9.17) is 18.9 Å². The van der Waals surface area contributed by atoms with Gasteiger partial charge >= 0.3 is 0 Å². The minimum atomic E-state index is -0.519. The Morgan fingerprint density at radius 2 is 1.92 bits per heavy atom. The van der Waals surface area contributed by atoms with E-state index in [2.05, 4.69) is 27.7 Å². The van der Waals surface area contributed by atoms with Gasteiger partial charge in [0.25, 0.3) is 0 Å². The highest BCUT2D eigenvalue weighted by Gasteiger charge is 2.93. The summed E-state index contributed by atoms with van der Waals surface area (Å²) in [6.45, 7) is 11.2. The lowest BCUT2D eigenvalue weighted by Crippen LogP contribution is -2.58. The molecule has 1 N–H and O–H groups in total. The number of rotatable bonds is 0. The van der Waals surface area contributed by atoms with Crippen molar-refractivity contribution in [1.29, 1.82) is 0 Å². The molecule has 2 spiro atoms. The second kappa shape index (κ2) is 4.27. The van der Waals surface area contributed by atoms with Crippen molar-refractivity contribution in [3.8, 4) is 0 Å². The lowest BCUT2D eigenvalue weighted by Gasteiger charge is -2.48. The first-order valence-corrected chi connectivity index (χ1v) is 10.0. The zero-order chi connectivity index (χ0) is 17.4. The van der Waals surface area contributed by atoms with Gasteiger partial charge in [0.15, 0.2) is 6.29 Å². The topological polar surface area (TPSA) is 57.2 Å². The zero-order valence-electron chi connectivity index (χ0n) is 15.7. The van der Waals surface area contributed by atoms with Crippen molar-refractivity contribution in [3.05, 3.63) is 0 Å². The number of fused-ring (bicyclic) bond motifs is 1. The van der Waals surface area contributed by atoms with Crippen molar-refractivity contribution in [2.75, 3.05) is 19.8 Å². The van der Waals surface area contributed by atoms with Crippen molar-refractivity contribution < 1.29 is 24.1 Å². The van der Waals surface area contributed by atoms with Gasteiger partial charge in [-0.2, -0.15) is 0 Å². The van der Waals surface area contributed by atoms with E-state index in [1.807, 2.05) is 0 Å². The molecular weight excluding hydrogens is 320 g/mol. The molecule has 0 aromatic carbocycles. The van der Waals surface area contributed by atoms with Gasteiger partial charge in [0.2, 0.25) is 0 Å². The predicted octanol–water partition coefficient (Wildman–Crippen LogP) is 1.96. The predicted molar refractivity (Wildman–Crippen MR) is 88.7 cm³/mol. The third kappa shape index (κ3) is 1.31. The van der Waals surface area contributed by atoms with E-state index in [1.165, 1.54) is 0 Å². The number of aliphatic hydroxyl groups is 1. The fourth-order valence-electron chi connectivity index (χ4n) is 8.57. The molecule has 7 unspecified atom stereocenters. The Labute approximate surface area is 149 Å². The van der Waals surface area contributed by atoms with Crippen molar-refractivity contribution in [2.45, 2.75) is 70.7 Å². The van der Waals surface area contributed by atoms with Crippen LogP contribution in [0.1, 0.15) is 40.5 Å². The second-order valence-electron chi connectivity index (χ2n) is 10.6. The summed E-state index contributed by atoms with van der Waals surface area (Å²) in [5.74, 6) is 1.01. The fourth-order valence-corrected chi connectivity index (χ4v) is 8.57. The largest absolute Gasteiger partial charge is 0.390 e. The molecule has 6 fully saturated rings. The summed E-state index contributed by atoms with van der Waals surface area (Å²) in [6.07, 6.45) is 1.19. The minimum Gasteiger partial charge on any atom is -0.390 e. The maximum atomic E-state index is 11.7. The monoisotopic (exact) mass is 350 g/mol. The first-order chi connectivity index (χ1) is 11.8. The van der Waals surface area contributed by atoms with Gasteiger partial charge in [0.1, 0.15) is 5.60 Å². The molecule has 25 heavy (non-hydrogen) atoms. The zero-order valence-corrected chi connectivity index (χ0v) is 15.7. The third-order valence-electron chi connectivity index (χ3n) is 8.95. The Balaban J connectivity index is 1.62. The highest BCUT2D eigenvalue weighted by atomic mass is 16.7. The Kier molecular flexibility index (Phi) is 2.70. The van der Waals surface area contributed by atoms with Gasteiger partial charge in [-0.05, 0) is 30.1 Å². The van der Waals surface area contributed by atoms with Gasteiger partial charge in [0.05, 0.1) is 43.5 Å². The molecule has 140 valence electrons. The van der Waals surface area contributed by atoms with E-state index >= 15 is 0 Å². The van der Waals surface area contributed by atoms with Crippen LogP contribution in [0.5, 0.6) is 0 Å². The molecule has 4 aliphatic heterocycles. The Bertz CT molecular complexity index is 630. The normalized spacial score (nSPS) is 64.4. The Hall–Kier alpha value is -0.200. The van der Waals surface area contributed by atoms with Crippen molar-refractivity contribution in [2.24, 2.45) is 34.0 Å². The number of hydrogen-bond donors (Lipinski definition) is 1. The van der Waals surface area contributed by atoms with Crippen LogP contribution in [0, 0.1) is 34.0 Å². The molecule has 6 rings (SSSR count).